The number of benzene rings is 2. The van der Waals surface area contributed by atoms with Gasteiger partial charge >= 0.3 is 0 Å². The molecule has 0 radical (unpaired) electrons. The maximum atomic E-state index is 13.1. The van der Waals surface area contributed by atoms with Gasteiger partial charge in [-0.3, -0.25) is 9.59 Å². The van der Waals surface area contributed by atoms with E-state index in [9.17, 15) is 19.8 Å². The number of methoxy groups -OCH3 is 2. The van der Waals surface area contributed by atoms with E-state index in [4.69, 9.17) is 9.47 Å². The van der Waals surface area contributed by atoms with Crippen LogP contribution >= 0.6 is 0 Å². The molecule has 2 aromatic rings. The molecule has 0 aliphatic carbocycles. The van der Waals surface area contributed by atoms with Gasteiger partial charge in [-0.25, -0.2) is 0 Å². The second-order valence-corrected chi connectivity index (χ2v) is 8.42. The summed E-state index contributed by atoms with van der Waals surface area (Å²) >= 11 is 0. The van der Waals surface area contributed by atoms with Crippen molar-refractivity contribution in [3.63, 3.8) is 0 Å². The number of aliphatic hydroxyl groups is 1. The highest BCUT2D eigenvalue weighted by Crippen LogP contribution is 2.42. The van der Waals surface area contributed by atoms with Gasteiger partial charge in [0.25, 0.3) is 11.7 Å². The van der Waals surface area contributed by atoms with E-state index in [2.05, 4.69) is 0 Å². The van der Waals surface area contributed by atoms with Crippen LogP contribution in [0.2, 0.25) is 0 Å². The van der Waals surface area contributed by atoms with Crippen molar-refractivity contribution >= 4 is 17.4 Å². The van der Waals surface area contributed by atoms with Crippen LogP contribution in [0, 0.1) is 6.92 Å². The summed E-state index contributed by atoms with van der Waals surface area (Å²) in [5, 5.41) is 21.3. The first kappa shape index (κ1) is 24.1. The minimum atomic E-state index is -0.807. The molecule has 33 heavy (non-hydrogen) atoms. The smallest absolute Gasteiger partial charge is 0.295 e. The zero-order chi connectivity index (χ0) is 24.3. The molecule has 0 bridgehead atoms. The molecule has 1 heterocycles. The average molecular weight is 456 g/mol. The van der Waals surface area contributed by atoms with E-state index < -0.39 is 17.7 Å². The van der Waals surface area contributed by atoms with Crippen LogP contribution in [0.3, 0.4) is 0 Å². The highest BCUT2D eigenvalue weighted by atomic mass is 16.5. The summed E-state index contributed by atoms with van der Waals surface area (Å²) in [6.45, 7) is 2.96. The Kier molecular flexibility index (Phi) is 7.28. The van der Waals surface area contributed by atoms with Crippen molar-refractivity contribution in [2.24, 2.45) is 0 Å². The summed E-state index contributed by atoms with van der Waals surface area (Å²) in [4.78, 5) is 28.9. The number of aliphatic hydroxyl groups excluding tert-OH is 1. The molecule has 0 spiro atoms. The lowest BCUT2D eigenvalue weighted by Crippen LogP contribution is -3.05. The van der Waals surface area contributed by atoms with Gasteiger partial charge in [0.05, 0.1) is 46.5 Å². The van der Waals surface area contributed by atoms with Gasteiger partial charge in [0.1, 0.15) is 11.5 Å². The van der Waals surface area contributed by atoms with E-state index in [1.165, 1.54) is 23.0 Å². The average Bonchev–Trinajstić information content (AvgIpc) is 3.03. The van der Waals surface area contributed by atoms with Gasteiger partial charge < -0.3 is 29.5 Å². The third-order valence-electron chi connectivity index (χ3n) is 5.82. The van der Waals surface area contributed by atoms with Crippen molar-refractivity contribution in [3.8, 4) is 17.2 Å². The van der Waals surface area contributed by atoms with Crippen LogP contribution in [-0.2, 0) is 9.59 Å². The molecule has 1 unspecified atom stereocenters. The first-order valence-electron chi connectivity index (χ1n) is 10.8. The van der Waals surface area contributed by atoms with Gasteiger partial charge in [0, 0.05) is 18.5 Å². The van der Waals surface area contributed by atoms with E-state index in [-0.39, 0.29) is 22.8 Å². The molecule has 1 atom stereocenters. The molecule has 1 saturated heterocycles. The molecule has 3 rings (SSSR count). The molecule has 1 amide bonds. The number of aromatic hydroxyl groups is 1. The van der Waals surface area contributed by atoms with Crippen LogP contribution in [0.1, 0.15) is 29.2 Å². The number of amides is 1. The fraction of sp³-hybridized carbons (Fsp3) is 0.360. The molecule has 3 N–H and O–H groups in total. The molecule has 0 saturated carbocycles. The van der Waals surface area contributed by atoms with Crippen LogP contribution in [0.25, 0.3) is 5.76 Å². The summed E-state index contributed by atoms with van der Waals surface area (Å²) in [5.41, 5.74) is 1.73. The molecular weight excluding hydrogens is 424 g/mol. The second kappa shape index (κ2) is 9.95. The molecule has 8 nitrogen and oxygen atoms in total. The number of quaternary nitrogens is 1. The number of likely N-dealkylation sites (tertiary alicyclic amines) is 1. The van der Waals surface area contributed by atoms with Gasteiger partial charge in [-0.05, 0) is 48.4 Å². The van der Waals surface area contributed by atoms with Gasteiger partial charge in [0.2, 0.25) is 0 Å². The van der Waals surface area contributed by atoms with Crippen molar-refractivity contribution in [1.29, 1.82) is 0 Å². The lowest BCUT2D eigenvalue weighted by Gasteiger charge is -2.26. The third kappa shape index (κ3) is 4.80. The number of rotatable bonds is 8. The lowest BCUT2D eigenvalue weighted by atomic mass is 9.93. The number of carbonyl (C=O) groups is 2. The Bertz CT molecular complexity index is 1090. The zero-order valence-electron chi connectivity index (χ0n) is 19.6. The van der Waals surface area contributed by atoms with E-state index in [0.717, 1.165) is 6.54 Å². The summed E-state index contributed by atoms with van der Waals surface area (Å²) in [6.07, 6.45) is 0.683. The number of ether oxygens (including phenoxy) is 2. The van der Waals surface area contributed by atoms with E-state index in [1.54, 1.807) is 44.4 Å². The van der Waals surface area contributed by atoms with Crippen molar-refractivity contribution in [2.75, 3.05) is 41.4 Å². The normalized spacial score (nSPS) is 17.6. The Morgan fingerprint density at radius 3 is 2.42 bits per heavy atom. The number of hydrogen-bond acceptors (Lipinski definition) is 6. The Morgan fingerprint density at radius 2 is 1.82 bits per heavy atom. The van der Waals surface area contributed by atoms with Crippen molar-refractivity contribution in [3.05, 3.63) is 58.7 Å². The molecule has 2 aromatic carbocycles. The number of nitrogens with one attached hydrogen (secondary N) is 1. The predicted octanol–water partition coefficient (Wildman–Crippen LogP) is 1.67. The third-order valence-corrected chi connectivity index (χ3v) is 5.82. The fourth-order valence-corrected chi connectivity index (χ4v) is 4.10. The highest BCUT2D eigenvalue weighted by Gasteiger charge is 2.46. The van der Waals surface area contributed by atoms with Gasteiger partial charge in [-0.2, -0.15) is 0 Å². The van der Waals surface area contributed by atoms with Crippen LogP contribution in [-0.4, -0.2) is 68.2 Å². The molecule has 176 valence electrons. The minimum Gasteiger partial charge on any atom is -0.507 e. The fourth-order valence-electron chi connectivity index (χ4n) is 4.10. The largest absolute Gasteiger partial charge is 0.507 e. The predicted molar refractivity (Wildman–Crippen MR) is 124 cm³/mol. The maximum Gasteiger partial charge on any atom is 0.295 e. The number of Topliss-reactive ketones (excluding diaryl/α,β-unsaturated/α-hetero) is 1. The zero-order valence-corrected chi connectivity index (χ0v) is 19.6. The Hall–Kier alpha value is -3.52. The Morgan fingerprint density at radius 1 is 1.09 bits per heavy atom. The summed E-state index contributed by atoms with van der Waals surface area (Å²) in [6, 6.07) is 8.98. The van der Waals surface area contributed by atoms with Crippen LogP contribution in [0.15, 0.2) is 42.0 Å². The molecule has 8 heteroatoms. The summed E-state index contributed by atoms with van der Waals surface area (Å²) in [7, 11) is 7.01. The van der Waals surface area contributed by atoms with E-state index >= 15 is 0 Å². The topological polar surface area (TPSA) is 101 Å². The van der Waals surface area contributed by atoms with Gasteiger partial charge in [-0.15, -0.1) is 0 Å². The van der Waals surface area contributed by atoms with Gasteiger partial charge in [0.15, 0.2) is 11.5 Å². The van der Waals surface area contributed by atoms with Crippen molar-refractivity contribution in [2.45, 2.75) is 19.4 Å². The van der Waals surface area contributed by atoms with E-state index in [1.807, 2.05) is 14.1 Å². The molecule has 1 fully saturated rings. The lowest BCUT2D eigenvalue weighted by molar-refractivity contribution is -0.858. The molecule has 1 aliphatic rings. The van der Waals surface area contributed by atoms with Crippen LogP contribution < -0.4 is 14.4 Å². The first-order valence-corrected chi connectivity index (χ1v) is 10.8. The molecular formula is C25H31N2O6+. The number of ketones is 1. The van der Waals surface area contributed by atoms with Crippen molar-refractivity contribution in [1.82, 2.24) is 4.90 Å². The number of aryl methyl sites for hydroxylation is 1. The van der Waals surface area contributed by atoms with E-state index in [0.29, 0.717) is 35.4 Å². The molecule has 0 aromatic heterocycles. The van der Waals surface area contributed by atoms with Crippen LogP contribution in [0.5, 0.6) is 17.2 Å². The number of phenols is 1. The van der Waals surface area contributed by atoms with Crippen LogP contribution in [0.4, 0.5) is 0 Å². The standard InChI is InChI=1S/C25H30N2O6/c1-15-13-17(32-4)8-9-18(15)23(29)21-22(16-7-10-19(28)20(14-16)33-5)27(25(31)24(21)30)12-6-11-26(2)3/h7-10,13-14,22,28-29H,6,11-12H2,1-5H3/p+1. The Balaban J connectivity index is 2.16. The summed E-state index contributed by atoms with van der Waals surface area (Å²) < 4.78 is 10.5. The molecule has 1 aliphatic heterocycles. The maximum absolute atomic E-state index is 13.1. The SMILES string of the molecule is COc1ccc(C(O)=C2C(=O)C(=O)N(CCC[NH+](C)C)C2c2ccc(O)c(OC)c2)c(C)c1. The number of phenolic OH excluding ortho intramolecular Hbond substituents is 1. The monoisotopic (exact) mass is 455 g/mol. The highest BCUT2D eigenvalue weighted by molar-refractivity contribution is 6.46. The minimum absolute atomic E-state index is 0.0122. The number of nitrogens with zero attached hydrogens (tertiary/aromatic N) is 1. The second-order valence-electron chi connectivity index (χ2n) is 8.42. The number of carbonyl (C=O) groups excluding carboxylic acids is 2. The number of hydrogen-bond donors (Lipinski definition) is 3. The quantitative estimate of drug-likeness (QED) is 0.318. The van der Waals surface area contributed by atoms with Crippen molar-refractivity contribution < 1.29 is 34.2 Å². The summed E-state index contributed by atoms with van der Waals surface area (Å²) in [5.74, 6) is -0.857. The first-order chi connectivity index (χ1) is 15.7. The Labute approximate surface area is 193 Å². The van der Waals surface area contributed by atoms with Gasteiger partial charge in [-0.1, -0.05) is 6.07 Å².